The number of nitrogens with zero attached hydrogens (tertiary/aromatic N) is 3. The number of carbonyl (C=O) groups excluding carboxylic acids is 1. The van der Waals surface area contributed by atoms with E-state index < -0.39 is 32.1 Å². The van der Waals surface area contributed by atoms with Crippen LogP contribution >= 0.6 is 12.4 Å². The molecule has 1 amide bonds. The number of benzene rings is 3. The summed E-state index contributed by atoms with van der Waals surface area (Å²) in [4.78, 5) is 28.8. The van der Waals surface area contributed by atoms with Gasteiger partial charge in [0, 0.05) is 50.0 Å². The van der Waals surface area contributed by atoms with Crippen LogP contribution in [0.15, 0.2) is 71.6 Å². The third-order valence-electron chi connectivity index (χ3n) is 11.3. The Bertz CT molecular complexity index is 1860. The first-order valence-corrected chi connectivity index (χ1v) is 20.4. The van der Waals surface area contributed by atoms with Gasteiger partial charge in [0.05, 0.1) is 34.7 Å². The van der Waals surface area contributed by atoms with E-state index in [1.807, 2.05) is 19.1 Å². The van der Waals surface area contributed by atoms with E-state index in [4.69, 9.17) is 4.74 Å². The number of morpholine rings is 1. The molecule has 3 fully saturated rings. The van der Waals surface area contributed by atoms with Crippen LogP contribution < -0.4 is 14.9 Å². The van der Waals surface area contributed by atoms with Gasteiger partial charge in [-0.2, -0.15) is 0 Å². The molecule has 0 aromatic heterocycles. The Morgan fingerprint density at radius 1 is 1.00 bits per heavy atom. The van der Waals surface area contributed by atoms with Crippen molar-refractivity contribution in [2.24, 2.45) is 11.8 Å². The van der Waals surface area contributed by atoms with Gasteiger partial charge < -0.3 is 20.1 Å². The highest BCUT2D eigenvalue weighted by Gasteiger charge is 2.32. The highest BCUT2D eigenvalue weighted by Crippen LogP contribution is 2.35. The van der Waals surface area contributed by atoms with Gasteiger partial charge in [0.1, 0.15) is 5.69 Å². The van der Waals surface area contributed by atoms with Crippen LogP contribution in [0.4, 0.5) is 17.1 Å². The second-order valence-electron chi connectivity index (χ2n) is 15.5. The van der Waals surface area contributed by atoms with Gasteiger partial charge in [-0.25, -0.2) is 13.1 Å². The van der Waals surface area contributed by atoms with Crippen molar-refractivity contribution in [3.63, 3.8) is 0 Å². The van der Waals surface area contributed by atoms with Gasteiger partial charge >= 0.3 is 0 Å². The molecule has 294 valence electrons. The summed E-state index contributed by atoms with van der Waals surface area (Å²) in [5.41, 5.74) is 3.02. The Morgan fingerprint density at radius 3 is 2.35 bits per heavy atom. The molecule has 1 aliphatic carbocycles. The molecule has 6 rings (SSSR count). The number of anilines is 2. The predicted molar refractivity (Wildman–Crippen MR) is 213 cm³/mol. The molecule has 0 bridgehead atoms. The minimum Gasteiger partial charge on any atom is -0.390 e. The summed E-state index contributed by atoms with van der Waals surface area (Å²) in [7, 11) is -4.39. The van der Waals surface area contributed by atoms with Crippen LogP contribution in [0, 0.1) is 22.0 Å². The largest absolute Gasteiger partial charge is 0.390 e. The molecule has 2 heterocycles. The molecule has 1 atom stereocenters. The van der Waals surface area contributed by atoms with Gasteiger partial charge in [-0.3, -0.25) is 19.8 Å². The second-order valence-corrected chi connectivity index (χ2v) is 17.2. The Kier molecular flexibility index (Phi) is 13.7. The van der Waals surface area contributed by atoms with Gasteiger partial charge in [0.2, 0.25) is 0 Å². The first-order valence-electron chi connectivity index (χ1n) is 18.9. The number of ether oxygens (including phenoxy) is 1. The molecule has 3 aliphatic rings. The summed E-state index contributed by atoms with van der Waals surface area (Å²) in [5.74, 6) is 0.433. The number of amides is 1. The van der Waals surface area contributed by atoms with Crippen LogP contribution in [0.2, 0.25) is 0 Å². The van der Waals surface area contributed by atoms with E-state index >= 15 is 0 Å². The van der Waals surface area contributed by atoms with Crippen LogP contribution in [0.3, 0.4) is 0 Å². The number of aliphatic hydroxyl groups is 1. The fraction of sp³-hybridized carbons (Fsp3) is 0.525. The predicted octanol–water partition coefficient (Wildman–Crippen LogP) is 6.90. The van der Waals surface area contributed by atoms with E-state index in [9.17, 15) is 28.4 Å². The number of rotatable bonds is 12. The molecule has 1 saturated carbocycles. The molecule has 2 aliphatic heterocycles. The van der Waals surface area contributed by atoms with Crippen LogP contribution in [0.25, 0.3) is 0 Å². The summed E-state index contributed by atoms with van der Waals surface area (Å²) in [6.45, 7) is 11.9. The fourth-order valence-corrected chi connectivity index (χ4v) is 8.98. The first kappa shape index (κ1) is 41.4. The van der Waals surface area contributed by atoms with Crippen molar-refractivity contribution in [1.29, 1.82) is 0 Å². The van der Waals surface area contributed by atoms with E-state index in [0.717, 1.165) is 70.2 Å². The standard InChI is InChI=1S/C40H53N5O7S.ClH/c1-28(2)34-6-4-5-7-35(34)38-27-52-23-22-44(38)26-30-16-20-43(21-17-30)32-10-8-31(9-11-32)39(46)42-53(50,51)33-12-13-36(37(24-33)45(48)49)41-25-29-14-18-40(3,47)19-15-29;/h4-13,24,28-30,38,41,47H,14-23,25-27H2,1-3H3,(H,42,46);1H/t29?,38-,40?;/m0./s1. The molecule has 2 saturated heterocycles. The lowest BCUT2D eigenvalue weighted by Crippen LogP contribution is -2.45. The van der Waals surface area contributed by atoms with Crippen molar-refractivity contribution in [1.82, 2.24) is 9.62 Å². The number of halogens is 1. The summed E-state index contributed by atoms with van der Waals surface area (Å²) in [5, 5.41) is 25.2. The van der Waals surface area contributed by atoms with Crippen molar-refractivity contribution >= 4 is 45.4 Å². The quantitative estimate of drug-likeness (QED) is 0.131. The average Bonchev–Trinajstić information content (AvgIpc) is 3.14. The Morgan fingerprint density at radius 2 is 1.69 bits per heavy atom. The number of nitro groups is 1. The SMILES string of the molecule is CC(C)c1ccccc1[C@@H]1COCCN1CC1CCN(c2ccc(C(=O)NS(=O)(=O)c3ccc(NCC4CCC(C)(O)CC4)c([N+](=O)[O-])c3)cc2)CC1.Cl. The highest BCUT2D eigenvalue weighted by molar-refractivity contribution is 7.90. The summed E-state index contributed by atoms with van der Waals surface area (Å²) < 4.78 is 34.4. The van der Waals surface area contributed by atoms with Crippen LogP contribution in [0.1, 0.15) is 92.7 Å². The zero-order chi connectivity index (χ0) is 37.8. The Labute approximate surface area is 325 Å². The monoisotopic (exact) mass is 783 g/mol. The molecule has 0 radical (unpaired) electrons. The van der Waals surface area contributed by atoms with Crippen molar-refractivity contribution in [2.75, 3.05) is 56.2 Å². The minimum atomic E-state index is -4.39. The number of carbonyl (C=O) groups is 1. The number of sulfonamides is 1. The normalized spacial score (nSPS) is 22.7. The maximum absolute atomic E-state index is 13.2. The molecule has 3 aromatic rings. The highest BCUT2D eigenvalue weighted by atomic mass is 35.5. The molecular formula is C40H54ClN5O7S. The number of nitrogens with one attached hydrogen (secondary N) is 2. The molecule has 54 heavy (non-hydrogen) atoms. The van der Waals surface area contributed by atoms with Crippen molar-refractivity contribution < 1.29 is 28.0 Å². The lowest BCUT2D eigenvalue weighted by atomic mass is 9.80. The van der Waals surface area contributed by atoms with Gasteiger partial charge in [0.15, 0.2) is 0 Å². The topological polar surface area (TPSA) is 154 Å². The molecular weight excluding hydrogens is 730 g/mol. The van der Waals surface area contributed by atoms with Gasteiger partial charge in [-0.15, -0.1) is 12.4 Å². The molecule has 3 aromatic carbocycles. The second kappa shape index (κ2) is 17.8. The molecule has 0 unspecified atom stereocenters. The molecule has 12 nitrogen and oxygen atoms in total. The van der Waals surface area contributed by atoms with Gasteiger partial charge in [-0.1, -0.05) is 38.1 Å². The Hall–Kier alpha value is -3.75. The maximum Gasteiger partial charge on any atom is 0.293 e. The summed E-state index contributed by atoms with van der Waals surface area (Å²) in [6, 6.07) is 19.5. The molecule has 0 spiro atoms. The number of hydrogen-bond donors (Lipinski definition) is 3. The van der Waals surface area contributed by atoms with Crippen LogP contribution in [0.5, 0.6) is 0 Å². The summed E-state index contributed by atoms with van der Waals surface area (Å²) in [6.07, 6.45) is 4.98. The minimum absolute atomic E-state index is 0. The molecule has 14 heteroatoms. The third-order valence-corrected chi connectivity index (χ3v) is 12.6. The lowest BCUT2D eigenvalue weighted by Gasteiger charge is -2.41. The molecule has 3 N–H and O–H groups in total. The first-order chi connectivity index (χ1) is 25.3. The third kappa shape index (κ3) is 10.1. The van der Waals surface area contributed by atoms with E-state index in [2.05, 4.69) is 58.0 Å². The fourth-order valence-electron chi connectivity index (χ4n) is 7.99. The van der Waals surface area contributed by atoms with E-state index in [0.29, 0.717) is 37.8 Å². The van der Waals surface area contributed by atoms with Crippen molar-refractivity contribution in [3.8, 4) is 0 Å². The van der Waals surface area contributed by atoms with Gasteiger partial charge in [0.25, 0.3) is 21.6 Å². The zero-order valence-electron chi connectivity index (χ0n) is 31.4. The number of piperidine rings is 1. The number of nitro benzene ring substituents is 1. The maximum atomic E-state index is 13.2. The van der Waals surface area contributed by atoms with Crippen LogP contribution in [-0.4, -0.2) is 80.8 Å². The Balaban J connectivity index is 0.00000561. The lowest BCUT2D eigenvalue weighted by molar-refractivity contribution is -0.384. The van der Waals surface area contributed by atoms with Crippen LogP contribution in [-0.2, 0) is 14.8 Å². The van der Waals surface area contributed by atoms with E-state index in [1.54, 1.807) is 12.1 Å². The smallest absolute Gasteiger partial charge is 0.293 e. The van der Waals surface area contributed by atoms with E-state index in [-0.39, 0.29) is 40.5 Å². The number of hydrogen-bond acceptors (Lipinski definition) is 10. The summed E-state index contributed by atoms with van der Waals surface area (Å²) >= 11 is 0. The average molecular weight is 784 g/mol. The van der Waals surface area contributed by atoms with E-state index in [1.165, 1.54) is 23.3 Å². The zero-order valence-corrected chi connectivity index (χ0v) is 33.0. The van der Waals surface area contributed by atoms with Crippen molar-refractivity contribution in [2.45, 2.75) is 81.8 Å². The van der Waals surface area contributed by atoms with Gasteiger partial charge in [-0.05, 0) is 111 Å². The van der Waals surface area contributed by atoms with Crippen molar-refractivity contribution in [3.05, 3.63) is 93.5 Å².